The van der Waals surface area contributed by atoms with Gasteiger partial charge in [0.1, 0.15) is 0 Å². The molecule has 3 rings (SSSR count). The minimum atomic E-state index is -0.425. The second-order valence-electron chi connectivity index (χ2n) is 4.48. The van der Waals surface area contributed by atoms with Crippen LogP contribution >= 0.6 is 0 Å². The molecule has 0 saturated carbocycles. The van der Waals surface area contributed by atoms with Gasteiger partial charge in [0.25, 0.3) is 0 Å². The summed E-state index contributed by atoms with van der Waals surface area (Å²) >= 11 is 0. The first-order valence-electron chi connectivity index (χ1n) is 6.46. The molecule has 0 bridgehead atoms. The monoisotopic (exact) mass is 279 g/mol. The maximum absolute atomic E-state index is 12.4. The summed E-state index contributed by atoms with van der Waals surface area (Å²) in [5.41, 5.74) is 7.90. The van der Waals surface area contributed by atoms with Gasteiger partial charge in [0, 0.05) is 0 Å². The van der Waals surface area contributed by atoms with E-state index in [4.69, 9.17) is 0 Å². The Balaban J connectivity index is 2.14. The number of hydrogen-bond acceptors (Lipinski definition) is 2. The number of anilines is 2. The number of hydrazine groups is 1. The highest BCUT2D eigenvalue weighted by atomic mass is 16.2. The van der Waals surface area contributed by atoms with Crippen LogP contribution < -0.4 is 15.8 Å². The first-order valence-corrected chi connectivity index (χ1v) is 6.46. The molecule has 0 aromatic heterocycles. The van der Waals surface area contributed by atoms with Gasteiger partial charge < -0.3 is 0 Å². The molecule has 0 fully saturated rings. The van der Waals surface area contributed by atoms with Crippen molar-refractivity contribution in [2.75, 3.05) is 4.90 Å². The van der Waals surface area contributed by atoms with Crippen LogP contribution in [-0.4, -0.2) is 12.4 Å². The van der Waals surface area contributed by atoms with Gasteiger partial charge in [-0.3, -0.25) is 15.1 Å². The second kappa shape index (κ2) is 5.50. The summed E-state index contributed by atoms with van der Waals surface area (Å²) in [5.74, 6) is 0. The lowest BCUT2D eigenvalue weighted by Crippen LogP contribution is -2.44. The summed E-state index contributed by atoms with van der Waals surface area (Å²) in [6.45, 7) is 0. The van der Waals surface area contributed by atoms with Crippen molar-refractivity contribution < 1.29 is 9.59 Å². The molecule has 1 heterocycles. The minimum Gasteiger partial charge on any atom is -0.277 e. The van der Waals surface area contributed by atoms with Gasteiger partial charge in [0.2, 0.25) is 6.41 Å². The van der Waals surface area contributed by atoms with Crippen LogP contribution in [0.1, 0.15) is 11.1 Å². The van der Waals surface area contributed by atoms with Gasteiger partial charge in [-0.1, -0.05) is 48.6 Å². The number of urea groups is 1. The summed E-state index contributed by atoms with van der Waals surface area (Å²) < 4.78 is 0. The predicted molar refractivity (Wildman–Crippen MR) is 81.7 cm³/mol. The Labute approximate surface area is 121 Å². The van der Waals surface area contributed by atoms with Crippen LogP contribution in [-0.2, 0) is 4.79 Å². The fraction of sp³-hybridized carbons (Fsp3) is 0. The zero-order valence-electron chi connectivity index (χ0n) is 11.1. The third-order valence-corrected chi connectivity index (χ3v) is 3.24. The summed E-state index contributed by atoms with van der Waals surface area (Å²) in [4.78, 5) is 24.3. The zero-order valence-corrected chi connectivity index (χ0v) is 11.1. The normalized spacial score (nSPS) is 11.9. The molecule has 5 heteroatoms. The minimum absolute atomic E-state index is 0.422. The quantitative estimate of drug-likeness (QED) is 0.656. The van der Waals surface area contributed by atoms with Crippen molar-refractivity contribution in [2.24, 2.45) is 0 Å². The van der Waals surface area contributed by atoms with Gasteiger partial charge >= 0.3 is 6.03 Å². The molecular formula is C16H13N3O2. The lowest BCUT2D eigenvalue weighted by atomic mass is 10.1. The fourth-order valence-electron chi connectivity index (χ4n) is 2.34. The van der Waals surface area contributed by atoms with Crippen LogP contribution in [0.2, 0.25) is 0 Å². The first-order chi connectivity index (χ1) is 10.3. The van der Waals surface area contributed by atoms with Crippen molar-refractivity contribution in [2.45, 2.75) is 0 Å². The Bertz CT molecular complexity index is 675. The lowest BCUT2D eigenvalue weighted by molar-refractivity contribution is -0.110. The van der Waals surface area contributed by atoms with Gasteiger partial charge in [0.15, 0.2) is 0 Å². The Morgan fingerprint density at radius 1 is 0.905 bits per heavy atom. The first kappa shape index (κ1) is 12.9. The molecule has 2 aromatic carbocycles. The molecule has 0 radical (unpaired) electrons. The van der Waals surface area contributed by atoms with Crippen LogP contribution in [0.4, 0.5) is 16.2 Å². The average Bonchev–Trinajstić information content (AvgIpc) is 2.69. The van der Waals surface area contributed by atoms with E-state index in [1.807, 2.05) is 60.7 Å². The second-order valence-corrected chi connectivity index (χ2v) is 4.48. The molecule has 104 valence electrons. The van der Waals surface area contributed by atoms with Gasteiger partial charge in [-0.25, -0.2) is 10.2 Å². The molecule has 1 aliphatic rings. The Kier molecular flexibility index (Phi) is 3.39. The van der Waals surface area contributed by atoms with E-state index in [-0.39, 0.29) is 0 Å². The summed E-state index contributed by atoms with van der Waals surface area (Å²) in [6.07, 6.45) is 4.36. The molecule has 2 aromatic rings. The molecule has 5 nitrogen and oxygen atoms in total. The molecule has 0 spiro atoms. The van der Waals surface area contributed by atoms with Gasteiger partial charge in [-0.05, 0) is 23.3 Å². The van der Waals surface area contributed by atoms with Gasteiger partial charge in [-0.15, -0.1) is 0 Å². The van der Waals surface area contributed by atoms with E-state index in [2.05, 4.69) is 10.9 Å². The molecule has 0 unspecified atom stereocenters. The van der Waals surface area contributed by atoms with E-state index < -0.39 is 6.03 Å². The number of carbonyl (C=O) groups is 2. The van der Waals surface area contributed by atoms with Crippen LogP contribution in [0.25, 0.3) is 12.2 Å². The number of rotatable bonds is 2. The molecule has 3 amide bonds. The highest BCUT2D eigenvalue weighted by Crippen LogP contribution is 2.35. The molecule has 2 N–H and O–H groups in total. The third kappa shape index (κ3) is 2.36. The van der Waals surface area contributed by atoms with Crippen molar-refractivity contribution in [1.29, 1.82) is 0 Å². The molecule has 0 aliphatic carbocycles. The maximum Gasteiger partial charge on any atom is 0.345 e. The topological polar surface area (TPSA) is 61.4 Å². The Hall–Kier alpha value is -3.08. The Morgan fingerprint density at radius 2 is 1.43 bits per heavy atom. The van der Waals surface area contributed by atoms with Crippen molar-refractivity contribution in [3.05, 3.63) is 59.7 Å². The summed E-state index contributed by atoms with van der Waals surface area (Å²) in [5, 5.41) is 0. The predicted octanol–water partition coefficient (Wildman–Crippen LogP) is 2.68. The van der Waals surface area contributed by atoms with Crippen LogP contribution in [0, 0.1) is 0 Å². The number of fused-ring (bicyclic) bond motifs is 2. The van der Waals surface area contributed by atoms with Crippen LogP contribution in [0.15, 0.2) is 48.5 Å². The van der Waals surface area contributed by atoms with Crippen molar-refractivity contribution in [3.63, 3.8) is 0 Å². The van der Waals surface area contributed by atoms with E-state index in [0.717, 1.165) is 22.5 Å². The molecule has 21 heavy (non-hydrogen) atoms. The molecule has 0 saturated heterocycles. The van der Waals surface area contributed by atoms with Crippen LogP contribution in [0.3, 0.4) is 0 Å². The van der Waals surface area contributed by atoms with Crippen molar-refractivity contribution >= 4 is 36.0 Å². The molecule has 0 atom stereocenters. The number of amides is 3. The number of hydrogen-bond donors (Lipinski definition) is 2. The molecular weight excluding hydrogens is 266 g/mol. The number of nitrogens with zero attached hydrogens (tertiary/aromatic N) is 1. The SMILES string of the molecule is O=CNNC(=O)N1c2ccccc2C=Cc2ccccc21. The van der Waals surface area contributed by atoms with E-state index in [9.17, 15) is 9.59 Å². The van der Waals surface area contributed by atoms with Crippen molar-refractivity contribution in [3.8, 4) is 0 Å². The highest BCUT2D eigenvalue weighted by molar-refractivity contribution is 6.05. The number of nitrogens with one attached hydrogen (secondary N) is 2. The van der Waals surface area contributed by atoms with E-state index in [1.54, 1.807) is 4.90 Å². The Morgan fingerprint density at radius 3 is 1.95 bits per heavy atom. The number of para-hydroxylation sites is 2. The zero-order chi connectivity index (χ0) is 14.7. The van der Waals surface area contributed by atoms with E-state index in [1.165, 1.54) is 0 Å². The third-order valence-electron chi connectivity index (χ3n) is 3.24. The summed E-state index contributed by atoms with van der Waals surface area (Å²) in [7, 11) is 0. The molecule has 1 aliphatic heterocycles. The van der Waals surface area contributed by atoms with Crippen LogP contribution in [0.5, 0.6) is 0 Å². The smallest absolute Gasteiger partial charge is 0.277 e. The largest absolute Gasteiger partial charge is 0.345 e. The van der Waals surface area contributed by atoms with Gasteiger partial charge in [0.05, 0.1) is 11.4 Å². The standard InChI is InChI=1S/C16H13N3O2/c20-11-17-18-16(21)19-14-7-3-1-5-12(14)9-10-13-6-2-4-8-15(13)19/h1-11H,(H,17,20)(H,18,21). The maximum atomic E-state index is 12.4. The van der Waals surface area contributed by atoms with Crippen molar-refractivity contribution in [1.82, 2.24) is 10.9 Å². The lowest BCUT2D eigenvalue weighted by Gasteiger charge is -2.24. The van der Waals surface area contributed by atoms with E-state index in [0.29, 0.717) is 6.41 Å². The number of carbonyl (C=O) groups excluding carboxylic acids is 2. The summed E-state index contributed by atoms with van der Waals surface area (Å²) in [6, 6.07) is 14.7. The fourth-order valence-corrected chi connectivity index (χ4v) is 2.34. The average molecular weight is 279 g/mol. The van der Waals surface area contributed by atoms with Gasteiger partial charge in [-0.2, -0.15) is 0 Å². The highest BCUT2D eigenvalue weighted by Gasteiger charge is 2.23. The number of benzene rings is 2. The van der Waals surface area contributed by atoms with E-state index >= 15 is 0 Å².